The van der Waals surface area contributed by atoms with Gasteiger partial charge in [-0.1, -0.05) is 15.9 Å². The number of benzene rings is 1. The normalized spacial score (nSPS) is 9.50. The minimum absolute atomic E-state index is 0.600. The first-order chi connectivity index (χ1) is 5.77. The van der Waals surface area contributed by atoms with Crippen molar-refractivity contribution in [1.82, 2.24) is 5.53 Å². The molecular formula is C7H8BrN3O. The number of hydrogen-bond acceptors (Lipinski definition) is 3. The second-order valence-corrected chi connectivity index (χ2v) is 3.00. The zero-order valence-corrected chi connectivity index (χ0v) is 7.78. The van der Waals surface area contributed by atoms with E-state index in [-0.39, 0.29) is 0 Å². The van der Waals surface area contributed by atoms with Gasteiger partial charge in [-0.2, -0.15) is 5.53 Å². The highest BCUT2D eigenvalue weighted by molar-refractivity contribution is 9.10. The predicted molar refractivity (Wildman–Crippen MR) is 50.0 cm³/mol. The molecule has 0 saturated carbocycles. The topological polar surface area (TPSA) is 58.4 Å². The Balaban J connectivity index is 2.87. The van der Waals surface area contributed by atoms with Gasteiger partial charge in [-0.15, -0.1) is 0 Å². The molecule has 0 radical (unpaired) electrons. The molecule has 12 heavy (non-hydrogen) atoms. The maximum Gasteiger partial charge on any atom is 0.229 e. The lowest BCUT2D eigenvalue weighted by Gasteiger charge is -2.14. The lowest BCUT2D eigenvalue weighted by Crippen LogP contribution is -2.41. The fraction of sp³-hybridized carbons (Fsp3) is 0. The van der Waals surface area contributed by atoms with Gasteiger partial charge in [0.05, 0.1) is 5.69 Å². The van der Waals surface area contributed by atoms with E-state index in [4.69, 9.17) is 5.84 Å². The van der Waals surface area contributed by atoms with E-state index >= 15 is 0 Å². The molecule has 64 valence electrons. The summed E-state index contributed by atoms with van der Waals surface area (Å²) in [6, 6.07) is 7.17. The van der Waals surface area contributed by atoms with Crippen LogP contribution in [0, 0.1) is 0 Å². The molecule has 0 aliphatic rings. The van der Waals surface area contributed by atoms with Gasteiger partial charge < -0.3 is 0 Å². The summed E-state index contributed by atoms with van der Waals surface area (Å²) in [6.07, 6.45) is 0.600. The molecule has 0 saturated heterocycles. The Morgan fingerprint density at radius 3 is 2.42 bits per heavy atom. The maximum absolute atomic E-state index is 10.4. The Bertz CT molecular complexity index is 262. The molecule has 0 spiro atoms. The van der Waals surface area contributed by atoms with Crippen LogP contribution in [-0.2, 0) is 4.79 Å². The Morgan fingerprint density at radius 1 is 1.42 bits per heavy atom. The van der Waals surface area contributed by atoms with Crippen LogP contribution in [0.2, 0.25) is 0 Å². The van der Waals surface area contributed by atoms with Crippen LogP contribution in [0.15, 0.2) is 28.7 Å². The monoisotopic (exact) mass is 229 g/mol. The number of carbonyl (C=O) groups is 1. The van der Waals surface area contributed by atoms with E-state index in [1.807, 2.05) is 12.1 Å². The van der Waals surface area contributed by atoms with Gasteiger partial charge in [0, 0.05) is 4.47 Å². The number of anilines is 1. The number of hydrazine groups is 2. The zero-order chi connectivity index (χ0) is 8.97. The molecule has 4 nitrogen and oxygen atoms in total. The molecule has 1 aromatic rings. The molecule has 0 heterocycles. The lowest BCUT2D eigenvalue weighted by atomic mass is 10.3. The molecule has 5 heteroatoms. The zero-order valence-electron chi connectivity index (χ0n) is 6.20. The van der Waals surface area contributed by atoms with Crippen LogP contribution >= 0.6 is 15.9 Å². The highest BCUT2D eigenvalue weighted by Gasteiger charge is 2.00. The third-order valence-corrected chi connectivity index (χ3v) is 1.88. The summed E-state index contributed by atoms with van der Waals surface area (Å²) in [5, 5.41) is 1.17. The fourth-order valence-corrected chi connectivity index (χ4v) is 1.03. The standard InChI is InChI=1S/C7H8BrN3O/c8-6-1-3-7(4-2-6)11(5-12)10-9/h1-5,10H,9H2. The second-order valence-electron chi connectivity index (χ2n) is 2.08. The Hall–Kier alpha value is -0.910. The summed E-state index contributed by atoms with van der Waals surface area (Å²) >= 11 is 3.28. The van der Waals surface area contributed by atoms with E-state index < -0.39 is 0 Å². The fourth-order valence-electron chi connectivity index (χ4n) is 0.768. The van der Waals surface area contributed by atoms with Crippen molar-refractivity contribution in [1.29, 1.82) is 0 Å². The quantitative estimate of drug-likeness (QED) is 0.458. The highest BCUT2D eigenvalue weighted by Crippen LogP contribution is 2.15. The number of amides is 1. The summed E-state index contributed by atoms with van der Waals surface area (Å²) in [5.74, 6) is 5.09. The number of halogens is 1. The van der Waals surface area contributed by atoms with E-state index in [0.29, 0.717) is 12.1 Å². The number of hydrogen-bond donors (Lipinski definition) is 2. The minimum atomic E-state index is 0.600. The highest BCUT2D eigenvalue weighted by atomic mass is 79.9. The first-order valence-electron chi connectivity index (χ1n) is 3.24. The van der Waals surface area contributed by atoms with Crippen molar-refractivity contribution in [3.05, 3.63) is 28.7 Å². The summed E-state index contributed by atoms with van der Waals surface area (Å²) in [6.45, 7) is 0. The molecular weight excluding hydrogens is 222 g/mol. The summed E-state index contributed by atoms with van der Waals surface area (Å²) in [5.41, 5.74) is 2.93. The van der Waals surface area contributed by atoms with Crippen LogP contribution in [0.3, 0.4) is 0 Å². The van der Waals surface area contributed by atoms with Gasteiger partial charge in [-0.05, 0) is 24.3 Å². The minimum Gasteiger partial charge on any atom is -0.277 e. The number of carbonyl (C=O) groups excluding carboxylic acids is 1. The molecule has 1 rings (SSSR count). The van der Waals surface area contributed by atoms with Crippen LogP contribution in [0.25, 0.3) is 0 Å². The van der Waals surface area contributed by atoms with Gasteiger partial charge in [0.1, 0.15) is 0 Å². The molecule has 1 amide bonds. The van der Waals surface area contributed by atoms with Crippen LogP contribution < -0.4 is 16.4 Å². The number of rotatable bonds is 3. The summed E-state index contributed by atoms with van der Waals surface area (Å²) in [7, 11) is 0. The van der Waals surface area contributed by atoms with E-state index in [1.54, 1.807) is 12.1 Å². The molecule has 0 unspecified atom stereocenters. The number of nitrogens with two attached hydrogens (primary N) is 1. The molecule has 0 bridgehead atoms. The van der Waals surface area contributed by atoms with Crippen LogP contribution in [0.1, 0.15) is 0 Å². The molecule has 0 atom stereocenters. The van der Waals surface area contributed by atoms with Crippen molar-refractivity contribution in [3.8, 4) is 0 Å². The molecule has 0 aliphatic carbocycles. The molecule has 0 fully saturated rings. The van der Waals surface area contributed by atoms with Crippen LogP contribution in [0.4, 0.5) is 5.69 Å². The first kappa shape index (κ1) is 9.18. The first-order valence-corrected chi connectivity index (χ1v) is 4.03. The van der Waals surface area contributed by atoms with Gasteiger partial charge in [0.15, 0.2) is 0 Å². The van der Waals surface area contributed by atoms with Crippen LogP contribution in [-0.4, -0.2) is 6.41 Å². The smallest absolute Gasteiger partial charge is 0.229 e. The third-order valence-electron chi connectivity index (χ3n) is 1.35. The molecule has 0 aliphatic heterocycles. The van der Waals surface area contributed by atoms with E-state index in [1.165, 1.54) is 5.01 Å². The van der Waals surface area contributed by atoms with Crippen molar-refractivity contribution < 1.29 is 4.79 Å². The van der Waals surface area contributed by atoms with Gasteiger partial charge in [0.2, 0.25) is 6.41 Å². The molecule has 1 aromatic carbocycles. The Morgan fingerprint density at radius 2 is 2.00 bits per heavy atom. The van der Waals surface area contributed by atoms with Gasteiger partial charge in [0.25, 0.3) is 0 Å². The lowest BCUT2D eigenvalue weighted by molar-refractivity contribution is -0.108. The Labute approximate surface area is 78.4 Å². The number of nitrogens with one attached hydrogen (secondary N) is 1. The van der Waals surface area contributed by atoms with Crippen molar-refractivity contribution in [2.45, 2.75) is 0 Å². The van der Waals surface area contributed by atoms with E-state index in [0.717, 1.165) is 4.47 Å². The third kappa shape index (κ3) is 2.04. The average Bonchev–Trinajstić information content (AvgIpc) is 2.10. The summed E-state index contributed by atoms with van der Waals surface area (Å²) < 4.78 is 0.953. The molecule has 0 aromatic heterocycles. The number of nitrogens with zero attached hydrogens (tertiary/aromatic N) is 1. The largest absolute Gasteiger partial charge is 0.277 e. The Kier molecular flexibility index (Phi) is 3.21. The van der Waals surface area contributed by atoms with Gasteiger partial charge in [-0.3, -0.25) is 10.6 Å². The van der Waals surface area contributed by atoms with Crippen molar-refractivity contribution in [3.63, 3.8) is 0 Å². The SMILES string of the molecule is NNN(C=O)c1ccc(Br)cc1. The maximum atomic E-state index is 10.4. The summed E-state index contributed by atoms with van der Waals surface area (Å²) in [4.78, 5) is 10.4. The van der Waals surface area contributed by atoms with E-state index in [2.05, 4.69) is 21.5 Å². The van der Waals surface area contributed by atoms with Crippen LogP contribution in [0.5, 0.6) is 0 Å². The molecule has 3 N–H and O–H groups in total. The van der Waals surface area contributed by atoms with Crippen molar-refractivity contribution >= 4 is 28.0 Å². The van der Waals surface area contributed by atoms with Crippen molar-refractivity contribution in [2.75, 3.05) is 5.01 Å². The second kappa shape index (κ2) is 4.20. The van der Waals surface area contributed by atoms with Gasteiger partial charge >= 0.3 is 0 Å². The van der Waals surface area contributed by atoms with E-state index in [9.17, 15) is 4.79 Å². The van der Waals surface area contributed by atoms with Crippen molar-refractivity contribution in [2.24, 2.45) is 5.84 Å². The predicted octanol–water partition coefficient (Wildman–Crippen LogP) is 0.790. The average molecular weight is 230 g/mol. The van der Waals surface area contributed by atoms with Gasteiger partial charge in [-0.25, -0.2) is 5.01 Å².